The van der Waals surface area contributed by atoms with E-state index in [4.69, 9.17) is 0 Å². The van der Waals surface area contributed by atoms with Gasteiger partial charge in [-0.3, -0.25) is 0 Å². The molecule has 0 saturated heterocycles. The lowest BCUT2D eigenvalue weighted by Gasteiger charge is -2.08. The zero-order valence-corrected chi connectivity index (χ0v) is 13.5. The molecule has 3 aromatic carbocycles. The van der Waals surface area contributed by atoms with E-state index in [0.717, 1.165) is 0 Å². The second kappa shape index (κ2) is 9.49. The van der Waals surface area contributed by atoms with E-state index in [2.05, 4.69) is 91.2 Å². The van der Waals surface area contributed by atoms with Gasteiger partial charge >= 0.3 is 0 Å². The Morgan fingerprint density at radius 1 is 0.565 bits per heavy atom. The van der Waals surface area contributed by atoms with E-state index < -0.39 is 0 Å². The first kappa shape index (κ1) is 19.4. The number of thioether (sulfide) groups is 1. The second-order valence-corrected chi connectivity index (χ2v) is 7.51. The van der Waals surface area contributed by atoms with Crippen molar-refractivity contribution in [3.8, 4) is 0 Å². The van der Waals surface area contributed by atoms with Gasteiger partial charge in [0, 0.05) is 4.90 Å². The molecule has 0 unspecified atom stereocenters. The summed E-state index contributed by atoms with van der Waals surface area (Å²) in [7, 11) is -0.0341. The Morgan fingerprint density at radius 3 is 1.35 bits per heavy atom. The van der Waals surface area contributed by atoms with Gasteiger partial charge in [0.25, 0.3) is 0 Å². The molecule has 0 nitrogen and oxygen atoms in total. The molecule has 0 aliphatic heterocycles. The van der Waals surface area contributed by atoms with Crippen molar-refractivity contribution in [2.24, 2.45) is 0 Å². The van der Waals surface area contributed by atoms with Crippen LogP contribution in [0.2, 0.25) is 0 Å². The largest absolute Gasteiger partial charge is 0.166 e. The first-order valence-electron chi connectivity index (χ1n) is 6.87. The molecule has 0 aliphatic carbocycles. The number of benzene rings is 3. The van der Waals surface area contributed by atoms with E-state index in [1.807, 2.05) is 0 Å². The van der Waals surface area contributed by atoms with Crippen molar-refractivity contribution in [1.29, 1.82) is 0 Å². The van der Waals surface area contributed by atoms with E-state index in [9.17, 15) is 0 Å². The molecule has 120 valence electrons. The summed E-state index contributed by atoms with van der Waals surface area (Å²) in [6, 6.07) is 30.5. The lowest BCUT2D eigenvalue weighted by Crippen LogP contribution is -2.04. The van der Waals surface area contributed by atoms with Crippen molar-refractivity contribution < 1.29 is 0 Å². The van der Waals surface area contributed by atoms with Crippen LogP contribution in [0.25, 0.3) is 0 Å². The van der Waals surface area contributed by atoms with Crippen LogP contribution in [0.4, 0.5) is 0 Å². The lowest BCUT2D eigenvalue weighted by atomic mass is 10.4. The molecule has 3 rings (SSSR count). The normalized spacial score (nSPS) is 9.83. The van der Waals surface area contributed by atoms with Crippen molar-refractivity contribution in [2.45, 2.75) is 34.4 Å². The summed E-state index contributed by atoms with van der Waals surface area (Å²) in [6.45, 7) is 0. The number of hydrogen-bond acceptors (Lipinski definition) is 1. The molecular weight excluding hydrogens is 316 g/mol. The maximum Gasteiger partial charge on any atom is 0.166 e. The van der Waals surface area contributed by atoms with E-state index >= 15 is 0 Å². The molecule has 0 amide bonds. The van der Waals surface area contributed by atoms with Crippen LogP contribution in [0, 0.1) is 0 Å². The minimum Gasteiger partial charge on any atom is -0.130 e. The van der Waals surface area contributed by atoms with Gasteiger partial charge in [0.15, 0.2) is 14.7 Å². The van der Waals surface area contributed by atoms with Crippen molar-refractivity contribution in [2.75, 3.05) is 6.26 Å². The minimum atomic E-state index is -0.0341. The molecule has 23 heavy (non-hydrogen) atoms. The fraction of sp³-hybridized carbons (Fsp3) is 0.143. The monoisotopic (exact) mass is 341 g/mol. The molecule has 0 N–H and O–H groups in total. The fourth-order valence-electron chi connectivity index (χ4n) is 2.23. The van der Waals surface area contributed by atoms with Crippen LogP contribution in [-0.2, 0) is 10.9 Å². The highest BCUT2D eigenvalue weighted by atomic mass is 32.2. The van der Waals surface area contributed by atoms with Crippen LogP contribution >= 0.6 is 11.8 Å². The Labute approximate surface area is 148 Å². The Bertz CT molecular complexity index is 637. The molecule has 0 aromatic heterocycles. The molecule has 0 atom stereocenters. The minimum absolute atomic E-state index is 0. The molecule has 0 bridgehead atoms. The quantitative estimate of drug-likeness (QED) is 0.372. The lowest BCUT2D eigenvalue weighted by molar-refractivity contribution is 1.29. The van der Waals surface area contributed by atoms with Crippen LogP contribution in [-0.4, -0.2) is 6.26 Å². The molecule has 0 radical (unpaired) electrons. The third-order valence-electron chi connectivity index (χ3n) is 3.25. The van der Waals surface area contributed by atoms with E-state index in [0.29, 0.717) is 0 Å². The van der Waals surface area contributed by atoms with Gasteiger partial charge in [-0.05, 0) is 54.8 Å². The predicted molar refractivity (Wildman–Crippen MR) is 107 cm³/mol. The van der Waals surface area contributed by atoms with Gasteiger partial charge in [-0.1, -0.05) is 51.3 Å². The molecule has 2 heteroatoms. The number of rotatable bonds is 4. The van der Waals surface area contributed by atoms with Crippen LogP contribution in [0.3, 0.4) is 0 Å². The standard InChI is InChI=1S/C19H17S2.2CH4/c1-20-16-12-14-19(15-13-16)21(17-8-4-2-5-9-17)18-10-6-3-7-11-18;;/h2-15H,1H3;2*1H4/q+1;;. The van der Waals surface area contributed by atoms with E-state index in [-0.39, 0.29) is 25.7 Å². The summed E-state index contributed by atoms with van der Waals surface area (Å²) in [5.41, 5.74) is 0. The van der Waals surface area contributed by atoms with E-state index in [1.54, 1.807) is 11.8 Å². The number of hydrogen-bond donors (Lipinski definition) is 0. The maximum absolute atomic E-state index is 2.26. The smallest absolute Gasteiger partial charge is 0.130 e. The van der Waals surface area contributed by atoms with Gasteiger partial charge in [-0.2, -0.15) is 0 Å². The highest BCUT2D eigenvalue weighted by Crippen LogP contribution is 2.31. The van der Waals surface area contributed by atoms with Gasteiger partial charge in [0.1, 0.15) is 0 Å². The fourth-order valence-corrected chi connectivity index (χ4v) is 4.72. The maximum atomic E-state index is 2.26. The van der Waals surface area contributed by atoms with Crippen molar-refractivity contribution in [3.05, 3.63) is 84.9 Å². The molecular formula is C21H25S2+. The third-order valence-corrected chi connectivity index (χ3v) is 6.23. The molecule has 0 saturated carbocycles. The van der Waals surface area contributed by atoms with E-state index in [1.165, 1.54) is 19.6 Å². The Balaban J connectivity index is 0.00000132. The van der Waals surface area contributed by atoms with Gasteiger partial charge in [-0.25, -0.2) is 0 Å². The summed E-state index contributed by atoms with van der Waals surface area (Å²) in [5.74, 6) is 0. The van der Waals surface area contributed by atoms with Crippen LogP contribution in [0.1, 0.15) is 14.9 Å². The topological polar surface area (TPSA) is 0 Å². The average Bonchev–Trinajstić information content (AvgIpc) is 2.58. The predicted octanol–water partition coefficient (Wildman–Crippen LogP) is 6.78. The van der Waals surface area contributed by atoms with Gasteiger partial charge < -0.3 is 0 Å². The zero-order valence-electron chi connectivity index (χ0n) is 11.9. The van der Waals surface area contributed by atoms with Gasteiger partial charge in [0.2, 0.25) is 0 Å². The third kappa shape index (κ3) is 4.66. The second-order valence-electron chi connectivity index (χ2n) is 4.61. The SMILES string of the molecule is C.C.CSc1ccc([S+](c2ccccc2)c2ccccc2)cc1. The molecule has 3 aromatic rings. The zero-order chi connectivity index (χ0) is 14.5. The van der Waals surface area contributed by atoms with Gasteiger partial charge in [-0.15, -0.1) is 11.8 Å². The first-order valence-corrected chi connectivity index (χ1v) is 9.32. The van der Waals surface area contributed by atoms with Gasteiger partial charge in [0.05, 0.1) is 10.9 Å². The highest BCUT2D eigenvalue weighted by Gasteiger charge is 2.27. The molecule has 0 fully saturated rings. The van der Waals surface area contributed by atoms with Crippen LogP contribution < -0.4 is 0 Å². The Morgan fingerprint density at radius 2 is 0.957 bits per heavy atom. The summed E-state index contributed by atoms with van der Waals surface area (Å²) in [5, 5.41) is 0. The van der Waals surface area contributed by atoms with Crippen LogP contribution in [0.15, 0.2) is 105 Å². The first-order chi connectivity index (χ1) is 10.4. The van der Waals surface area contributed by atoms with Crippen molar-refractivity contribution >= 4 is 22.7 Å². The Hall–Kier alpha value is -1.64. The average molecular weight is 342 g/mol. The summed E-state index contributed by atoms with van der Waals surface area (Å²) >= 11 is 1.78. The summed E-state index contributed by atoms with van der Waals surface area (Å²) in [4.78, 5) is 5.40. The Kier molecular flexibility index (Phi) is 8.01. The summed E-state index contributed by atoms with van der Waals surface area (Å²) in [6.07, 6.45) is 2.11. The highest BCUT2D eigenvalue weighted by molar-refractivity contribution is 7.98. The molecule has 0 spiro atoms. The summed E-state index contributed by atoms with van der Waals surface area (Å²) < 4.78 is 0. The molecule has 0 heterocycles. The van der Waals surface area contributed by atoms with Crippen molar-refractivity contribution in [3.63, 3.8) is 0 Å². The van der Waals surface area contributed by atoms with Crippen LogP contribution in [0.5, 0.6) is 0 Å². The molecule has 0 aliphatic rings. The van der Waals surface area contributed by atoms with Crippen molar-refractivity contribution in [1.82, 2.24) is 0 Å².